The van der Waals surface area contributed by atoms with Gasteiger partial charge in [0.05, 0.1) is 22.6 Å². The zero-order valence-corrected chi connectivity index (χ0v) is 15.8. The zero-order chi connectivity index (χ0) is 19.1. The minimum atomic E-state index is -0.663. The van der Waals surface area contributed by atoms with Gasteiger partial charge < -0.3 is 15.2 Å². The number of rotatable bonds is 6. The van der Waals surface area contributed by atoms with Crippen molar-refractivity contribution in [3.63, 3.8) is 0 Å². The van der Waals surface area contributed by atoms with Crippen molar-refractivity contribution in [1.29, 1.82) is 0 Å². The molecule has 2 amide bonds. The molecule has 0 unspecified atom stereocenters. The van der Waals surface area contributed by atoms with Crippen LogP contribution >= 0.6 is 22.6 Å². The van der Waals surface area contributed by atoms with Crippen molar-refractivity contribution in [2.45, 2.75) is 6.42 Å². The molecular formula is C17H15FIN3O4. The lowest BCUT2D eigenvalue weighted by molar-refractivity contribution is -0.126. The van der Waals surface area contributed by atoms with Crippen LogP contribution in [0.15, 0.2) is 41.5 Å². The number of benzene rings is 2. The van der Waals surface area contributed by atoms with Gasteiger partial charge in [0.15, 0.2) is 11.5 Å². The van der Waals surface area contributed by atoms with Crippen LogP contribution in [0.5, 0.6) is 11.5 Å². The third-order valence-electron chi connectivity index (χ3n) is 3.14. The van der Waals surface area contributed by atoms with Gasteiger partial charge in [0, 0.05) is 0 Å². The lowest BCUT2D eigenvalue weighted by Crippen LogP contribution is -2.24. The van der Waals surface area contributed by atoms with E-state index >= 15 is 0 Å². The fraction of sp³-hybridized carbons (Fsp3) is 0.118. The molecule has 0 aromatic heterocycles. The average Bonchev–Trinajstić information content (AvgIpc) is 2.59. The maximum absolute atomic E-state index is 13.4. The van der Waals surface area contributed by atoms with Crippen LogP contribution in [0.1, 0.15) is 12.0 Å². The van der Waals surface area contributed by atoms with E-state index in [1.165, 1.54) is 37.6 Å². The van der Waals surface area contributed by atoms with E-state index in [1.54, 1.807) is 12.1 Å². The number of hydrazone groups is 1. The van der Waals surface area contributed by atoms with Gasteiger partial charge in [-0.05, 0) is 52.4 Å². The Bertz CT molecular complexity index is 858. The molecule has 26 heavy (non-hydrogen) atoms. The molecule has 0 atom stereocenters. The number of methoxy groups -OCH3 is 1. The molecule has 2 aromatic carbocycles. The molecule has 0 aliphatic rings. The maximum Gasteiger partial charge on any atom is 0.249 e. The quantitative estimate of drug-likeness (QED) is 0.261. The van der Waals surface area contributed by atoms with Crippen molar-refractivity contribution < 1.29 is 23.8 Å². The fourth-order valence-electron chi connectivity index (χ4n) is 1.95. The van der Waals surface area contributed by atoms with Crippen LogP contribution in [-0.2, 0) is 9.59 Å². The third kappa shape index (κ3) is 5.41. The molecule has 136 valence electrons. The minimum absolute atomic E-state index is 0.000403. The predicted molar refractivity (Wildman–Crippen MR) is 103 cm³/mol. The number of carbonyl (C=O) groups is 2. The van der Waals surface area contributed by atoms with Crippen LogP contribution < -0.4 is 15.5 Å². The lowest BCUT2D eigenvalue weighted by Gasteiger charge is -2.06. The Hall–Kier alpha value is -2.69. The average molecular weight is 471 g/mol. The van der Waals surface area contributed by atoms with Crippen molar-refractivity contribution in [3.05, 3.63) is 51.3 Å². The highest BCUT2D eigenvalue weighted by molar-refractivity contribution is 14.1. The Kier molecular flexibility index (Phi) is 6.89. The van der Waals surface area contributed by atoms with Crippen molar-refractivity contribution in [2.24, 2.45) is 5.10 Å². The predicted octanol–water partition coefficient (Wildman–Crippen LogP) is 2.62. The molecule has 0 saturated carbocycles. The van der Waals surface area contributed by atoms with E-state index in [2.05, 4.69) is 15.8 Å². The lowest BCUT2D eigenvalue weighted by atomic mass is 10.2. The normalized spacial score (nSPS) is 10.6. The second-order valence-corrected chi connectivity index (χ2v) is 6.21. The van der Waals surface area contributed by atoms with E-state index in [9.17, 15) is 19.1 Å². The highest BCUT2D eigenvalue weighted by atomic mass is 127. The van der Waals surface area contributed by atoms with E-state index in [0.717, 1.165) is 0 Å². The summed E-state index contributed by atoms with van der Waals surface area (Å²) in [6.07, 6.45) is 0.832. The van der Waals surface area contributed by atoms with Gasteiger partial charge in [-0.1, -0.05) is 12.1 Å². The number of nitrogens with one attached hydrogen (secondary N) is 2. The molecule has 0 aliphatic carbocycles. The van der Waals surface area contributed by atoms with Gasteiger partial charge in [-0.15, -0.1) is 0 Å². The van der Waals surface area contributed by atoms with E-state index in [1.807, 2.05) is 22.6 Å². The molecule has 2 rings (SSSR count). The van der Waals surface area contributed by atoms with Crippen molar-refractivity contribution in [2.75, 3.05) is 12.4 Å². The van der Waals surface area contributed by atoms with Crippen LogP contribution in [0.3, 0.4) is 0 Å². The van der Waals surface area contributed by atoms with Gasteiger partial charge in [-0.3, -0.25) is 9.59 Å². The summed E-state index contributed by atoms with van der Waals surface area (Å²) < 4.78 is 19.0. The summed E-state index contributed by atoms with van der Waals surface area (Å²) in [5.41, 5.74) is 2.79. The molecule has 0 heterocycles. The second-order valence-electron chi connectivity index (χ2n) is 5.05. The van der Waals surface area contributed by atoms with Gasteiger partial charge in [0.25, 0.3) is 0 Å². The van der Waals surface area contributed by atoms with Gasteiger partial charge in [-0.25, -0.2) is 9.82 Å². The summed E-state index contributed by atoms with van der Waals surface area (Å²) in [5.74, 6) is -1.62. The number of hydrogen-bond donors (Lipinski definition) is 3. The Morgan fingerprint density at radius 3 is 2.73 bits per heavy atom. The van der Waals surface area contributed by atoms with Crippen LogP contribution in [0, 0.1) is 9.39 Å². The van der Waals surface area contributed by atoms with Crippen molar-refractivity contribution in [1.82, 2.24) is 5.43 Å². The van der Waals surface area contributed by atoms with Gasteiger partial charge in [0.2, 0.25) is 11.8 Å². The van der Waals surface area contributed by atoms with Gasteiger partial charge >= 0.3 is 0 Å². The number of ether oxygens (including phenoxy) is 1. The Balaban J connectivity index is 1.90. The first-order valence-corrected chi connectivity index (χ1v) is 8.41. The number of hydrogen-bond acceptors (Lipinski definition) is 5. The standard InChI is InChI=1S/C17H15FIN3O4/c1-26-14-7-10(6-12(19)17(14)25)9-20-22-16(24)8-15(23)21-13-5-3-2-4-11(13)18/h2-7,9,25H,8H2,1H3,(H,21,23)(H,22,24). The van der Waals surface area contributed by atoms with Crippen LogP contribution in [0.2, 0.25) is 0 Å². The molecule has 0 radical (unpaired) electrons. The molecule has 7 nitrogen and oxygen atoms in total. The number of phenolic OH excluding ortho intramolecular Hbond substituents is 1. The highest BCUT2D eigenvalue weighted by Crippen LogP contribution is 2.31. The summed E-state index contributed by atoms with van der Waals surface area (Å²) in [4.78, 5) is 23.5. The Morgan fingerprint density at radius 2 is 2.04 bits per heavy atom. The molecule has 2 aromatic rings. The van der Waals surface area contributed by atoms with E-state index in [-0.39, 0.29) is 17.2 Å². The van der Waals surface area contributed by atoms with E-state index in [0.29, 0.717) is 9.13 Å². The summed E-state index contributed by atoms with van der Waals surface area (Å²) >= 11 is 1.93. The monoisotopic (exact) mass is 471 g/mol. The molecule has 0 saturated heterocycles. The molecule has 3 N–H and O–H groups in total. The van der Waals surface area contributed by atoms with Crippen LogP contribution in [-0.4, -0.2) is 30.2 Å². The fourth-order valence-corrected chi connectivity index (χ4v) is 2.57. The summed E-state index contributed by atoms with van der Waals surface area (Å²) in [6.45, 7) is 0. The van der Waals surface area contributed by atoms with Gasteiger partial charge in [-0.2, -0.15) is 5.10 Å². The van der Waals surface area contributed by atoms with E-state index < -0.39 is 24.1 Å². The number of anilines is 1. The summed E-state index contributed by atoms with van der Waals surface area (Å²) in [6, 6.07) is 8.83. The Labute approximate surface area is 162 Å². The molecule has 0 spiro atoms. The van der Waals surface area contributed by atoms with Gasteiger partial charge in [0.1, 0.15) is 12.2 Å². The SMILES string of the molecule is COc1cc(C=NNC(=O)CC(=O)Nc2ccccc2F)cc(I)c1O. The number of phenols is 1. The highest BCUT2D eigenvalue weighted by Gasteiger charge is 2.11. The number of para-hydroxylation sites is 1. The maximum atomic E-state index is 13.4. The molecule has 0 fully saturated rings. The topological polar surface area (TPSA) is 100 Å². The van der Waals surface area contributed by atoms with E-state index in [4.69, 9.17) is 4.74 Å². The zero-order valence-electron chi connectivity index (χ0n) is 13.6. The number of halogens is 2. The number of nitrogens with zero attached hydrogens (tertiary/aromatic N) is 1. The first kappa shape index (κ1) is 19.6. The first-order chi connectivity index (χ1) is 12.4. The smallest absolute Gasteiger partial charge is 0.249 e. The molecular weight excluding hydrogens is 456 g/mol. The Morgan fingerprint density at radius 1 is 1.31 bits per heavy atom. The third-order valence-corrected chi connectivity index (χ3v) is 3.96. The van der Waals surface area contributed by atoms with Crippen molar-refractivity contribution in [3.8, 4) is 11.5 Å². The van der Waals surface area contributed by atoms with Crippen molar-refractivity contribution >= 4 is 46.3 Å². The number of carbonyl (C=O) groups excluding carboxylic acids is 2. The minimum Gasteiger partial charge on any atom is -0.504 e. The van der Waals surface area contributed by atoms with Crippen LogP contribution in [0.25, 0.3) is 0 Å². The molecule has 9 heteroatoms. The molecule has 0 aliphatic heterocycles. The number of aromatic hydroxyl groups is 1. The second kappa shape index (κ2) is 9.13. The van der Waals surface area contributed by atoms with Crippen LogP contribution in [0.4, 0.5) is 10.1 Å². The number of amides is 2. The largest absolute Gasteiger partial charge is 0.504 e. The first-order valence-electron chi connectivity index (χ1n) is 7.33. The summed E-state index contributed by atoms with van der Waals surface area (Å²) in [5, 5.41) is 15.8. The summed E-state index contributed by atoms with van der Waals surface area (Å²) in [7, 11) is 1.42. The molecule has 0 bridgehead atoms.